The van der Waals surface area contributed by atoms with Crippen molar-refractivity contribution in [1.82, 2.24) is 0 Å². The summed E-state index contributed by atoms with van der Waals surface area (Å²) in [4.78, 5) is 0. The first kappa shape index (κ1) is 13.5. The Balaban J connectivity index is 3.26. The lowest BCUT2D eigenvalue weighted by atomic mass is 9.86. The molecule has 4 heteroatoms. The summed E-state index contributed by atoms with van der Waals surface area (Å²) in [5.74, 6) is 0. The number of rotatable bonds is 4. The molecular weight excluding hydrogens is 224 g/mol. The van der Waals surface area contributed by atoms with Crippen molar-refractivity contribution < 1.29 is 13.0 Å². The summed E-state index contributed by atoms with van der Waals surface area (Å²) in [6.45, 7) is 5.80. The van der Waals surface area contributed by atoms with Gasteiger partial charge in [0.1, 0.15) is 4.75 Å². The average Bonchev–Trinajstić information content (AvgIpc) is 2.26. The minimum absolute atomic E-state index is 0.409. The number of hydrogen-bond donors (Lipinski definition) is 1. The zero-order valence-electron chi connectivity index (χ0n) is 10.2. The van der Waals surface area contributed by atoms with E-state index in [2.05, 4.69) is 6.08 Å². The van der Waals surface area contributed by atoms with Gasteiger partial charge in [0.25, 0.3) is 10.1 Å². The van der Waals surface area contributed by atoms with E-state index in [4.69, 9.17) is 0 Å². The van der Waals surface area contributed by atoms with Gasteiger partial charge in [0, 0.05) is 0 Å². The van der Waals surface area contributed by atoms with Gasteiger partial charge in [0.05, 0.1) is 0 Å². The molecule has 0 aliphatic heterocycles. The number of hydrogen-bond acceptors (Lipinski definition) is 2. The lowest BCUT2D eigenvalue weighted by molar-refractivity contribution is 0.435. The molecular formula is C12H20O3S. The monoisotopic (exact) mass is 244 g/mol. The van der Waals surface area contributed by atoms with E-state index in [1.165, 1.54) is 0 Å². The molecule has 1 rings (SSSR count). The highest BCUT2D eigenvalue weighted by Gasteiger charge is 2.41. The maximum atomic E-state index is 11.5. The topological polar surface area (TPSA) is 54.4 Å². The van der Waals surface area contributed by atoms with Gasteiger partial charge < -0.3 is 0 Å². The summed E-state index contributed by atoms with van der Waals surface area (Å²) in [6, 6.07) is 0. The van der Waals surface area contributed by atoms with E-state index < -0.39 is 14.9 Å². The van der Waals surface area contributed by atoms with Crippen molar-refractivity contribution >= 4 is 10.1 Å². The molecule has 0 amide bonds. The van der Waals surface area contributed by atoms with Crippen molar-refractivity contribution in [3.63, 3.8) is 0 Å². The zero-order chi connectivity index (χ0) is 12.4. The third-order valence-electron chi connectivity index (χ3n) is 3.34. The first-order valence-electron chi connectivity index (χ1n) is 5.76. The number of allylic oxidation sites excluding steroid dienone is 3. The predicted octanol–water partition coefficient (Wildman–Crippen LogP) is 3.10. The van der Waals surface area contributed by atoms with Crippen LogP contribution in [0, 0.1) is 0 Å². The minimum Gasteiger partial charge on any atom is -0.285 e. The molecule has 92 valence electrons. The largest absolute Gasteiger partial charge is 0.285 e. The second kappa shape index (κ2) is 4.72. The van der Waals surface area contributed by atoms with Gasteiger partial charge in [-0.3, -0.25) is 4.55 Å². The van der Waals surface area contributed by atoms with Crippen LogP contribution in [0.2, 0.25) is 0 Å². The van der Waals surface area contributed by atoms with Crippen molar-refractivity contribution in [2.75, 3.05) is 0 Å². The summed E-state index contributed by atoms with van der Waals surface area (Å²) in [6.07, 6.45) is 6.23. The molecule has 1 atom stereocenters. The minimum atomic E-state index is -4.04. The molecule has 0 aromatic heterocycles. The normalized spacial score (nSPS) is 26.2. The van der Waals surface area contributed by atoms with Crippen LogP contribution in [0.1, 0.15) is 46.5 Å². The Hall–Kier alpha value is -0.610. The van der Waals surface area contributed by atoms with Gasteiger partial charge in [-0.25, -0.2) is 0 Å². The maximum absolute atomic E-state index is 11.5. The molecule has 16 heavy (non-hydrogen) atoms. The first-order valence-corrected chi connectivity index (χ1v) is 7.20. The summed E-state index contributed by atoms with van der Waals surface area (Å²) >= 11 is 0. The lowest BCUT2D eigenvalue weighted by Gasteiger charge is -2.31. The summed E-state index contributed by atoms with van der Waals surface area (Å²) in [5.41, 5.74) is 2.10. The molecule has 1 aliphatic carbocycles. The van der Waals surface area contributed by atoms with E-state index in [1.807, 2.05) is 13.8 Å². The zero-order valence-corrected chi connectivity index (χ0v) is 11.0. The summed E-state index contributed by atoms with van der Waals surface area (Å²) in [7, 11) is -4.04. The van der Waals surface area contributed by atoms with Gasteiger partial charge in [-0.05, 0) is 25.7 Å². The van der Waals surface area contributed by atoms with Crippen LogP contribution in [0.4, 0.5) is 0 Å². The van der Waals surface area contributed by atoms with Crippen LogP contribution >= 0.6 is 0 Å². The molecule has 1 unspecified atom stereocenters. The molecule has 3 nitrogen and oxygen atoms in total. The van der Waals surface area contributed by atoms with Gasteiger partial charge in [0.2, 0.25) is 0 Å². The van der Waals surface area contributed by atoms with Crippen molar-refractivity contribution in [2.45, 2.75) is 51.2 Å². The average molecular weight is 244 g/mol. The van der Waals surface area contributed by atoms with E-state index >= 15 is 0 Å². The van der Waals surface area contributed by atoms with Crippen LogP contribution in [0.5, 0.6) is 0 Å². The fraction of sp³-hybridized carbons (Fsp3) is 0.667. The second-order valence-corrected chi connectivity index (χ2v) is 6.06. The van der Waals surface area contributed by atoms with Crippen LogP contribution in [0.25, 0.3) is 0 Å². The maximum Gasteiger partial charge on any atom is 0.274 e. The molecule has 0 saturated heterocycles. The predicted molar refractivity (Wildman–Crippen MR) is 65.9 cm³/mol. The molecule has 0 radical (unpaired) electrons. The molecule has 0 saturated carbocycles. The van der Waals surface area contributed by atoms with Gasteiger partial charge >= 0.3 is 0 Å². The third-order valence-corrected chi connectivity index (χ3v) is 4.92. The van der Waals surface area contributed by atoms with E-state index in [1.54, 1.807) is 13.0 Å². The molecule has 0 heterocycles. The molecule has 0 spiro atoms. The Morgan fingerprint density at radius 2 is 1.94 bits per heavy atom. The van der Waals surface area contributed by atoms with Crippen LogP contribution in [-0.4, -0.2) is 17.7 Å². The van der Waals surface area contributed by atoms with Crippen LogP contribution in [-0.2, 0) is 10.1 Å². The fourth-order valence-corrected chi connectivity index (χ4v) is 3.17. The Morgan fingerprint density at radius 1 is 1.31 bits per heavy atom. The third kappa shape index (κ3) is 2.38. The Bertz CT molecular complexity index is 418. The SMILES string of the molecule is CCC1=CC(CC)(S(=O)(=O)O)CC(CC)=C1. The quantitative estimate of drug-likeness (QED) is 0.773. The highest BCUT2D eigenvalue weighted by atomic mass is 32.2. The van der Waals surface area contributed by atoms with Gasteiger partial charge in [-0.1, -0.05) is 44.1 Å². The summed E-state index contributed by atoms with van der Waals surface area (Å²) in [5, 5.41) is 0. The summed E-state index contributed by atoms with van der Waals surface area (Å²) < 4.78 is 31.4. The molecule has 0 aromatic carbocycles. The molecule has 0 bridgehead atoms. The molecule has 1 N–H and O–H groups in total. The van der Waals surface area contributed by atoms with Crippen molar-refractivity contribution in [2.24, 2.45) is 0 Å². The van der Waals surface area contributed by atoms with E-state index in [0.29, 0.717) is 12.8 Å². The van der Waals surface area contributed by atoms with E-state index in [-0.39, 0.29) is 0 Å². The molecule has 0 aromatic rings. The second-order valence-electron chi connectivity index (χ2n) is 4.30. The van der Waals surface area contributed by atoms with Crippen molar-refractivity contribution in [3.8, 4) is 0 Å². The van der Waals surface area contributed by atoms with Gasteiger partial charge in [-0.2, -0.15) is 8.42 Å². The van der Waals surface area contributed by atoms with E-state index in [0.717, 1.165) is 24.0 Å². The lowest BCUT2D eigenvalue weighted by Crippen LogP contribution is -2.37. The van der Waals surface area contributed by atoms with Crippen molar-refractivity contribution in [1.29, 1.82) is 0 Å². The van der Waals surface area contributed by atoms with E-state index in [9.17, 15) is 13.0 Å². The van der Waals surface area contributed by atoms with Crippen LogP contribution in [0.3, 0.4) is 0 Å². The molecule has 0 fully saturated rings. The molecule has 1 aliphatic rings. The van der Waals surface area contributed by atoms with Crippen molar-refractivity contribution in [3.05, 3.63) is 23.3 Å². The smallest absolute Gasteiger partial charge is 0.274 e. The Morgan fingerprint density at radius 3 is 2.31 bits per heavy atom. The Kier molecular flexibility index (Phi) is 3.97. The van der Waals surface area contributed by atoms with Crippen LogP contribution < -0.4 is 0 Å². The Labute approximate surface area is 98.0 Å². The first-order chi connectivity index (χ1) is 7.38. The highest BCUT2D eigenvalue weighted by Crippen LogP contribution is 2.37. The van der Waals surface area contributed by atoms with Crippen LogP contribution in [0.15, 0.2) is 23.3 Å². The van der Waals surface area contributed by atoms with Gasteiger partial charge in [0.15, 0.2) is 0 Å². The standard InChI is InChI=1S/C12H20O3S/c1-4-10-7-11(5-2)9-12(6-3,8-10)16(13,14)15/h7-8H,4-6,9H2,1-3H3,(H,13,14,15). The fourth-order valence-electron chi connectivity index (χ4n) is 2.13. The van der Waals surface area contributed by atoms with Gasteiger partial charge in [-0.15, -0.1) is 0 Å². The highest BCUT2D eigenvalue weighted by molar-refractivity contribution is 7.87.